The summed E-state index contributed by atoms with van der Waals surface area (Å²) < 4.78 is 1.98. The van der Waals surface area contributed by atoms with Gasteiger partial charge < -0.3 is 0 Å². The SMILES string of the molecule is Cc1cccc(C[N+]2=C(SCc3ccccc3Cl)N=C3C2C(=O)N(C)C(=O)N3C)c1. The number of thioether (sulfide) groups is 1. The second kappa shape index (κ2) is 8.24. The molecule has 0 spiro atoms. The Morgan fingerprint density at radius 2 is 1.87 bits per heavy atom. The topological polar surface area (TPSA) is 56.0 Å². The number of hydrogen-bond donors (Lipinski definition) is 0. The zero-order valence-electron chi connectivity index (χ0n) is 17.0. The lowest BCUT2D eigenvalue weighted by molar-refractivity contribution is -0.548. The highest BCUT2D eigenvalue weighted by molar-refractivity contribution is 8.13. The van der Waals surface area contributed by atoms with Crippen LogP contribution < -0.4 is 0 Å². The molecule has 2 aromatic rings. The Morgan fingerprint density at radius 1 is 1.10 bits per heavy atom. The van der Waals surface area contributed by atoms with Crippen LogP contribution in [0.15, 0.2) is 53.5 Å². The van der Waals surface area contributed by atoms with Crippen molar-refractivity contribution in [3.05, 3.63) is 70.2 Å². The number of rotatable bonds is 4. The third-order valence-electron chi connectivity index (χ3n) is 5.24. The molecule has 0 N–H and O–H groups in total. The van der Waals surface area contributed by atoms with Crippen LogP contribution in [-0.4, -0.2) is 57.5 Å². The number of benzene rings is 2. The largest absolute Gasteiger partial charge is 0.358 e. The summed E-state index contributed by atoms with van der Waals surface area (Å²) in [6.45, 7) is 2.56. The van der Waals surface area contributed by atoms with Gasteiger partial charge in [-0.1, -0.05) is 59.6 Å². The van der Waals surface area contributed by atoms with Crippen LogP contribution in [0.3, 0.4) is 0 Å². The van der Waals surface area contributed by atoms with Crippen molar-refractivity contribution in [3.63, 3.8) is 0 Å². The average molecular weight is 442 g/mol. The zero-order valence-corrected chi connectivity index (χ0v) is 18.6. The summed E-state index contributed by atoms with van der Waals surface area (Å²) in [5.41, 5.74) is 3.23. The fourth-order valence-corrected chi connectivity index (χ4v) is 4.93. The molecule has 3 amide bonds. The minimum Gasteiger partial charge on any atom is -0.269 e. The lowest BCUT2D eigenvalue weighted by atomic mass is 10.1. The summed E-state index contributed by atoms with van der Waals surface area (Å²) >= 11 is 7.83. The molecule has 0 bridgehead atoms. The smallest absolute Gasteiger partial charge is 0.269 e. The molecule has 2 aliphatic heterocycles. The molecule has 0 aromatic heterocycles. The van der Waals surface area contributed by atoms with Crippen LogP contribution in [-0.2, 0) is 17.1 Å². The molecule has 8 heteroatoms. The van der Waals surface area contributed by atoms with Crippen molar-refractivity contribution >= 4 is 46.3 Å². The molecule has 2 aromatic carbocycles. The van der Waals surface area contributed by atoms with E-state index in [0.29, 0.717) is 28.3 Å². The highest BCUT2D eigenvalue weighted by atomic mass is 35.5. The van der Waals surface area contributed by atoms with Gasteiger partial charge in [0.1, 0.15) is 6.54 Å². The molecule has 30 heavy (non-hydrogen) atoms. The van der Waals surface area contributed by atoms with Crippen LogP contribution in [0.4, 0.5) is 4.79 Å². The molecular formula is C22H22ClN4O2S+. The predicted molar refractivity (Wildman–Crippen MR) is 120 cm³/mol. The molecule has 2 heterocycles. The third kappa shape index (κ3) is 3.75. The Hall–Kier alpha value is -2.64. The predicted octanol–water partition coefficient (Wildman–Crippen LogP) is 3.75. The average Bonchev–Trinajstić information content (AvgIpc) is 3.08. The van der Waals surface area contributed by atoms with Gasteiger partial charge in [0.25, 0.3) is 17.8 Å². The molecule has 2 aliphatic rings. The molecule has 1 unspecified atom stereocenters. The van der Waals surface area contributed by atoms with E-state index < -0.39 is 6.04 Å². The van der Waals surface area contributed by atoms with Gasteiger partial charge in [-0.05, 0) is 40.9 Å². The maximum atomic E-state index is 13.0. The summed E-state index contributed by atoms with van der Waals surface area (Å²) in [4.78, 5) is 32.8. The van der Waals surface area contributed by atoms with Crippen LogP contribution >= 0.6 is 23.4 Å². The minimum absolute atomic E-state index is 0.266. The van der Waals surface area contributed by atoms with Crippen LogP contribution in [0.25, 0.3) is 0 Å². The summed E-state index contributed by atoms with van der Waals surface area (Å²) in [5, 5.41) is 1.40. The fourth-order valence-electron chi connectivity index (χ4n) is 3.62. The van der Waals surface area contributed by atoms with Crippen molar-refractivity contribution in [1.82, 2.24) is 9.80 Å². The highest BCUT2D eigenvalue weighted by Gasteiger charge is 2.53. The Bertz CT molecular complexity index is 1100. The van der Waals surface area contributed by atoms with Crippen molar-refractivity contribution in [2.75, 3.05) is 14.1 Å². The Morgan fingerprint density at radius 3 is 2.60 bits per heavy atom. The first kappa shape index (κ1) is 20.6. The zero-order chi connectivity index (χ0) is 21.4. The van der Waals surface area contributed by atoms with Gasteiger partial charge in [-0.3, -0.25) is 14.6 Å². The van der Waals surface area contributed by atoms with E-state index in [9.17, 15) is 9.59 Å². The van der Waals surface area contributed by atoms with Crippen molar-refractivity contribution in [3.8, 4) is 0 Å². The van der Waals surface area contributed by atoms with Crippen LogP contribution in [0.2, 0.25) is 5.02 Å². The summed E-state index contributed by atoms with van der Waals surface area (Å²) in [6.07, 6.45) is 0. The number of carbonyl (C=O) groups excluding carboxylic acids is 2. The Labute approximate surface area is 184 Å². The molecule has 0 aliphatic carbocycles. The Balaban J connectivity index is 1.71. The van der Waals surface area contributed by atoms with E-state index in [1.165, 1.54) is 23.7 Å². The van der Waals surface area contributed by atoms with Gasteiger partial charge in [-0.25, -0.2) is 9.37 Å². The van der Waals surface area contributed by atoms with Gasteiger partial charge in [0.15, 0.2) is 0 Å². The van der Waals surface area contributed by atoms with Gasteiger partial charge in [-0.15, -0.1) is 0 Å². The highest BCUT2D eigenvalue weighted by Crippen LogP contribution is 2.28. The number of imide groups is 1. The minimum atomic E-state index is -0.619. The van der Waals surface area contributed by atoms with E-state index in [1.54, 1.807) is 7.05 Å². The molecule has 0 saturated carbocycles. The molecular weight excluding hydrogens is 420 g/mol. The van der Waals surface area contributed by atoms with Crippen molar-refractivity contribution in [1.29, 1.82) is 0 Å². The molecule has 1 fully saturated rings. The van der Waals surface area contributed by atoms with Crippen LogP contribution in [0, 0.1) is 6.92 Å². The van der Waals surface area contributed by atoms with E-state index in [0.717, 1.165) is 21.6 Å². The maximum Gasteiger partial charge on any atom is 0.358 e. The molecule has 1 atom stereocenters. The number of nitrogens with zero attached hydrogens (tertiary/aromatic N) is 4. The second-order valence-corrected chi connectivity index (χ2v) is 8.74. The van der Waals surface area contributed by atoms with Crippen LogP contribution in [0.1, 0.15) is 16.7 Å². The lowest BCUT2D eigenvalue weighted by Crippen LogP contribution is -2.61. The summed E-state index contributed by atoms with van der Waals surface area (Å²) in [7, 11) is 3.17. The first-order valence-corrected chi connectivity index (χ1v) is 10.9. The van der Waals surface area contributed by atoms with Crippen molar-refractivity contribution in [2.24, 2.45) is 4.99 Å². The van der Waals surface area contributed by atoms with Crippen molar-refractivity contribution in [2.45, 2.75) is 25.3 Å². The number of amidine groups is 2. The molecule has 6 nitrogen and oxygen atoms in total. The summed E-state index contributed by atoms with van der Waals surface area (Å²) in [6, 6.07) is 14.9. The van der Waals surface area contributed by atoms with Gasteiger partial charge in [0.05, 0.1) is 0 Å². The number of hydrogen-bond acceptors (Lipinski definition) is 4. The number of urea groups is 1. The standard InChI is InChI=1S/C22H22ClN4O2S/c1-14-7-6-8-15(11-14)12-27-18-19(25(2)22(29)26(3)20(18)28)24-21(27)30-13-16-9-4-5-10-17(16)23/h4-11,18H,12-13H2,1-3H3/q+1. The van der Waals surface area contributed by atoms with Gasteiger partial charge in [0, 0.05) is 24.9 Å². The summed E-state index contributed by atoms with van der Waals surface area (Å²) in [5.74, 6) is 0.820. The number of aliphatic imine (C=N–C) groups is 1. The lowest BCUT2D eigenvalue weighted by Gasteiger charge is -2.30. The molecule has 1 saturated heterocycles. The number of likely N-dealkylation sites (N-methyl/N-ethyl adjacent to an activating group) is 2. The number of amides is 3. The maximum absolute atomic E-state index is 13.0. The van der Waals surface area contributed by atoms with E-state index in [-0.39, 0.29) is 11.9 Å². The van der Waals surface area contributed by atoms with E-state index in [1.807, 2.05) is 54.0 Å². The third-order valence-corrected chi connectivity index (χ3v) is 6.65. The quantitative estimate of drug-likeness (QED) is 0.679. The molecule has 0 radical (unpaired) electrons. The monoisotopic (exact) mass is 441 g/mol. The van der Waals surface area contributed by atoms with Gasteiger partial charge in [-0.2, -0.15) is 0 Å². The first-order valence-electron chi connectivity index (χ1n) is 9.56. The number of carbonyl (C=O) groups is 2. The number of aryl methyl sites for hydroxylation is 1. The molecule has 4 rings (SSSR count). The second-order valence-electron chi connectivity index (χ2n) is 7.39. The normalized spacial score (nSPS) is 18.8. The van der Waals surface area contributed by atoms with Gasteiger partial charge >= 0.3 is 11.2 Å². The number of fused-ring (bicyclic) bond motifs is 1. The Kier molecular flexibility index (Phi) is 5.66. The van der Waals surface area contributed by atoms with Crippen LogP contribution in [0.5, 0.6) is 0 Å². The fraction of sp³-hybridized carbons (Fsp3) is 0.273. The molecule has 154 valence electrons. The first-order chi connectivity index (χ1) is 14.4. The number of halogens is 1. The van der Waals surface area contributed by atoms with Crippen molar-refractivity contribution < 1.29 is 14.2 Å². The van der Waals surface area contributed by atoms with E-state index >= 15 is 0 Å². The van der Waals surface area contributed by atoms with E-state index in [4.69, 9.17) is 16.6 Å². The van der Waals surface area contributed by atoms with E-state index in [2.05, 4.69) is 6.07 Å². The van der Waals surface area contributed by atoms with Gasteiger partial charge in [0.2, 0.25) is 0 Å².